The Balaban J connectivity index is 0.568. The van der Waals surface area contributed by atoms with Crippen LogP contribution in [-0.4, -0.2) is 168 Å². The number of nitrogens with zero attached hydrogens (tertiary/aromatic N) is 6. The summed E-state index contributed by atoms with van der Waals surface area (Å²) in [7, 11) is 0. The van der Waals surface area contributed by atoms with E-state index in [1.54, 1.807) is 18.9 Å². The van der Waals surface area contributed by atoms with Crippen molar-refractivity contribution >= 4 is 63.3 Å². The van der Waals surface area contributed by atoms with Gasteiger partial charge in [0.15, 0.2) is 17.0 Å². The molecule has 3 fully saturated rings. The fraction of sp³-hybridized carbons (Fsp3) is 0.562. The molecule has 3 atom stereocenters. The van der Waals surface area contributed by atoms with Crippen LogP contribution in [0.2, 0.25) is 0 Å². The molecular weight excluding hydrogens is 963 g/mol. The number of unbranched alkanes of at least 4 members (excludes halogenated alkanes) is 1. The monoisotopic (exact) mass is 1030 g/mol. The summed E-state index contributed by atoms with van der Waals surface area (Å²) in [5, 5.41) is 21.0. The topological polar surface area (TPSA) is 282 Å². The highest BCUT2D eigenvalue weighted by atomic mass is 32.2. The number of carbonyl (C=O) groups excluding carboxylic acids is 3. The second kappa shape index (κ2) is 26.8. The zero-order valence-corrected chi connectivity index (χ0v) is 41.8. The molecule has 0 bridgehead atoms. The molecule has 394 valence electrons. The minimum absolute atomic E-state index is 0.0342. The molecule has 9 rings (SSSR count). The van der Waals surface area contributed by atoms with E-state index >= 15 is 0 Å². The average molecular weight is 1030 g/mol. The van der Waals surface area contributed by atoms with E-state index in [0.717, 1.165) is 79.2 Å². The van der Waals surface area contributed by atoms with Crippen LogP contribution in [-0.2, 0) is 39.8 Å². The number of imidazole rings is 2. The summed E-state index contributed by atoms with van der Waals surface area (Å²) in [5.41, 5.74) is 11.5. The Kier molecular flexibility index (Phi) is 19.0. The molecule has 4 amide bonds. The molecule has 25 heteroatoms. The maximum Gasteiger partial charge on any atom is 0.315 e. The number of anilines is 2. The van der Waals surface area contributed by atoms with E-state index in [4.69, 9.17) is 43.1 Å². The SMILES string of the molecule is O=C(CCCC[C@H]1SCC2NC(=O)NC21)NCCOCCOCCOCCN1C=C(COCCOCCC(=O)Nc2ccc3nc(CNc4nc(C5CCNCC5)nc5c4ncn5-c4ccoc4)[nH]c3c2)NN1. The molecule has 0 aliphatic carbocycles. The largest absolute Gasteiger partial charge is 0.470 e. The van der Waals surface area contributed by atoms with Gasteiger partial charge in [-0.25, -0.2) is 24.7 Å². The molecule has 1 aromatic carbocycles. The Morgan fingerprint density at radius 3 is 2.55 bits per heavy atom. The molecule has 24 nitrogen and oxygen atoms in total. The number of thioether (sulfide) groups is 1. The molecule has 2 unspecified atom stereocenters. The number of carbonyl (C=O) groups is 3. The number of aromatic nitrogens is 6. The van der Waals surface area contributed by atoms with Crippen molar-refractivity contribution in [3.8, 4) is 5.69 Å². The summed E-state index contributed by atoms with van der Waals surface area (Å²) < 4.78 is 35.5. The Labute approximate surface area is 426 Å². The lowest BCUT2D eigenvalue weighted by molar-refractivity contribution is -0.121. The number of amides is 4. The Hall–Kier alpha value is -6.06. The third-order valence-electron chi connectivity index (χ3n) is 12.8. The first kappa shape index (κ1) is 51.8. The second-order valence-electron chi connectivity index (χ2n) is 18.1. The first-order chi connectivity index (χ1) is 35.9. The Bertz CT molecular complexity index is 2590. The van der Waals surface area contributed by atoms with E-state index in [9.17, 15) is 14.4 Å². The number of rotatable bonds is 31. The van der Waals surface area contributed by atoms with Crippen molar-refractivity contribution in [1.29, 1.82) is 0 Å². The van der Waals surface area contributed by atoms with Gasteiger partial charge in [0, 0.05) is 47.8 Å². The maximum atomic E-state index is 12.8. The highest BCUT2D eigenvalue weighted by molar-refractivity contribution is 8.00. The van der Waals surface area contributed by atoms with Gasteiger partial charge in [0.2, 0.25) is 11.8 Å². The molecule has 0 radical (unpaired) electrons. The molecular formula is C48H67N15O9S. The van der Waals surface area contributed by atoms with Gasteiger partial charge in [-0.3, -0.25) is 19.2 Å². The van der Waals surface area contributed by atoms with Crippen molar-refractivity contribution in [2.45, 2.75) is 74.7 Å². The number of H-pyrrole nitrogens is 1. The third kappa shape index (κ3) is 15.0. The number of urea groups is 1. The van der Waals surface area contributed by atoms with Crippen molar-refractivity contribution in [3.05, 3.63) is 66.7 Å². The number of aromatic amines is 1. The molecule has 3 saturated heterocycles. The number of ether oxygens (including phenoxy) is 5. The van der Waals surface area contributed by atoms with Crippen LogP contribution in [0.25, 0.3) is 27.9 Å². The lowest BCUT2D eigenvalue weighted by Gasteiger charge is -2.22. The molecule has 0 spiro atoms. The summed E-state index contributed by atoms with van der Waals surface area (Å²) in [6.45, 7) is 7.42. The van der Waals surface area contributed by atoms with Gasteiger partial charge >= 0.3 is 6.03 Å². The van der Waals surface area contributed by atoms with Crippen LogP contribution in [0, 0.1) is 0 Å². The quantitative estimate of drug-likeness (QED) is 0.0228. The number of nitrogens with one attached hydrogen (secondary N) is 9. The normalized spacial score (nSPS) is 18.7. The number of piperidine rings is 1. The van der Waals surface area contributed by atoms with E-state index in [-0.39, 0.29) is 48.9 Å². The van der Waals surface area contributed by atoms with Gasteiger partial charge in [-0.05, 0) is 57.0 Å². The smallest absolute Gasteiger partial charge is 0.315 e. The fourth-order valence-electron chi connectivity index (χ4n) is 8.99. The molecule has 5 aromatic rings. The number of benzene rings is 1. The van der Waals surface area contributed by atoms with Gasteiger partial charge in [0.05, 0.1) is 126 Å². The summed E-state index contributed by atoms with van der Waals surface area (Å²) in [5.74, 6) is 3.21. The zero-order valence-electron chi connectivity index (χ0n) is 41.0. The minimum atomic E-state index is -0.159. The van der Waals surface area contributed by atoms with Gasteiger partial charge in [0.25, 0.3) is 0 Å². The van der Waals surface area contributed by atoms with Crippen LogP contribution in [0.5, 0.6) is 0 Å². The molecule has 4 aliphatic rings. The molecule has 9 N–H and O–H groups in total. The molecule has 4 aliphatic heterocycles. The Morgan fingerprint density at radius 2 is 1.70 bits per heavy atom. The predicted octanol–water partition coefficient (Wildman–Crippen LogP) is 2.78. The van der Waals surface area contributed by atoms with Crippen molar-refractivity contribution in [2.75, 3.05) is 109 Å². The van der Waals surface area contributed by atoms with E-state index in [1.807, 2.05) is 51.8 Å². The third-order valence-corrected chi connectivity index (χ3v) is 14.3. The van der Waals surface area contributed by atoms with Gasteiger partial charge in [0.1, 0.15) is 24.2 Å². The second-order valence-corrected chi connectivity index (χ2v) is 19.4. The lowest BCUT2D eigenvalue weighted by Crippen LogP contribution is -2.38. The lowest BCUT2D eigenvalue weighted by atomic mass is 9.97. The number of hydrogen-bond donors (Lipinski definition) is 9. The number of fused-ring (bicyclic) bond motifs is 3. The van der Waals surface area contributed by atoms with Crippen molar-refractivity contribution in [1.82, 2.24) is 66.7 Å². The summed E-state index contributed by atoms with van der Waals surface area (Å²) in [6.07, 6.45) is 12.4. The first-order valence-electron chi connectivity index (χ1n) is 25.3. The van der Waals surface area contributed by atoms with E-state index in [1.165, 1.54) is 0 Å². The van der Waals surface area contributed by atoms with Gasteiger partial charge in [-0.15, -0.1) is 5.53 Å². The van der Waals surface area contributed by atoms with E-state index in [0.29, 0.717) is 119 Å². The van der Waals surface area contributed by atoms with Crippen LogP contribution in [0.15, 0.2) is 59.4 Å². The number of hydrogen-bond acceptors (Lipinski definition) is 19. The fourth-order valence-corrected chi connectivity index (χ4v) is 10.5. The summed E-state index contributed by atoms with van der Waals surface area (Å²) in [6, 6.07) is 7.83. The van der Waals surface area contributed by atoms with Crippen molar-refractivity contribution in [3.63, 3.8) is 0 Å². The number of hydrazine groups is 2. The first-order valence-corrected chi connectivity index (χ1v) is 26.3. The van der Waals surface area contributed by atoms with Gasteiger partial charge in [-0.1, -0.05) is 6.42 Å². The van der Waals surface area contributed by atoms with Crippen molar-refractivity contribution in [2.24, 2.45) is 0 Å². The maximum absolute atomic E-state index is 12.8. The van der Waals surface area contributed by atoms with Crippen LogP contribution in [0.3, 0.4) is 0 Å². The van der Waals surface area contributed by atoms with E-state index in [2.05, 4.69) is 52.8 Å². The van der Waals surface area contributed by atoms with Gasteiger partial charge in [-0.2, -0.15) is 11.8 Å². The van der Waals surface area contributed by atoms with Crippen LogP contribution in [0.1, 0.15) is 62.5 Å². The highest BCUT2D eigenvalue weighted by Crippen LogP contribution is 2.33. The standard InChI is InChI=1S/C48H67N15O9S/c64-41(4-2-1-3-39-43-38(30-73-39)56-48(66)57-43)50-13-17-68-19-21-70-22-20-69-18-14-62-27-34(60-61-62)28-72-24-23-67-16-10-42(65)53-33-5-6-36-37(25-33)55-40(54-36)26-51-46-44-47(63(31-52-44)35-9-15-71-29-35)59-45(58-46)32-7-11-49-12-8-32/h5-6,9,15,25,27,29,31-32,38-39,43,49,60-61H,1-4,7-8,10-14,16-24,26,28,30H2,(H,50,64)(H,53,65)(H,54,55)(H,51,58,59)(H2,56,57,66)/t38?,39-,43?/m1/s1. The highest BCUT2D eigenvalue weighted by Gasteiger charge is 2.42. The zero-order chi connectivity index (χ0) is 50.0. The minimum Gasteiger partial charge on any atom is -0.470 e. The summed E-state index contributed by atoms with van der Waals surface area (Å²) in [4.78, 5) is 59.2. The van der Waals surface area contributed by atoms with Gasteiger partial charge < -0.3 is 70.4 Å². The summed E-state index contributed by atoms with van der Waals surface area (Å²) >= 11 is 1.90. The number of furan rings is 1. The molecule has 0 saturated carbocycles. The van der Waals surface area contributed by atoms with Crippen LogP contribution >= 0.6 is 11.8 Å². The molecule has 73 heavy (non-hydrogen) atoms. The van der Waals surface area contributed by atoms with Crippen LogP contribution < -0.4 is 42.9 Å². The predicted molar refractivity (Wildman–Crippen MR) is 273 cm³/mol. The molecule has 8 heterocycles. The van der Waals surface area contributed by atoms with E-state index < -0.39 is 0 Å². The Morgan fingerprint density at radius 1 is 0.877 bits per heavy atom. The average Bonchev–Trinajstić information content (AvgIpc) is 4.28. The van der Waals surface area contributed by atoms with Crippen molar-refractivity contribution < 1.29 is 42.5 Å². The molecule has 4 aromatic heterocycles. The van der Waals surface area contributed by atoms with Crippen LogP contribution in [0.4, 0.5) is 16.3 Å².